The van der Waals surface area contributed by atoms with Crippen LogP contribution in [0.4, 0.5) is 0 Å². The first-order valence-electron chi connectivity index (χ1n) is 4.69. The van der Waals surface area contributed by atoms with Crippen LogP contribution in [0.1, 0.15) is 5.56 Å². The van der Waals surface area contributed by atoms with Crippen LogP contribution in [0, 0.1) is 0 Å². The van der Waals surface area contributed by atoms with E-state index < -0.39 is 0 Å². The van der Waals surface area contributed by atoms with E-state index in [1.54, 1.807) is 24.5 Å². The molecule has 0 aliphatic carbocycles. The van der Waals surface area contributed by atoms with Gasteiger partial charge in [-0.1, -0.05) is 23.2 Å². The largest absolute Gasteiger partial charge is 0.487 e. The van der Waals surface area contributed by atoms with E-state index in [-0.39, 0.29) is 0 Å². The van der Waals surface area contributed by atoms with Crippen molar-refractivity contribution in [1.82, 2.24) is 9.97 Å². The minimum Gasteiger partial charge on any atom is -0.487 e. The molecule has 0 amide bonds. The molecule has 0 saturated carbocycles. The average Bonchev–Trinajstić information content (AvgIpc) is 2.28. The molecular weight excluding hydrogens is 327 g/mol. The fourth-order valence-corrected chi connectivity index (χ4v) is 1.92. The molecule has 0 saturated heterocycles. The van der Waals surface area contributed by atoms with Crippen molar-refractivity contribution in [3.63, 3.8) is 0 Å². The summed E-state index contributed by atoms with van der Waals surface area (Å²) in [7, 11) is 0. The highest BCUT2D eigenvalue weighted by Gasteiger charge is 2.04. The van der Waals surface area contributed by atoms with Crippen molar-refractivity contribution in [2.45, 2.75) is 6.61 Å². The third-order valence-corrected chi connectivity index (χ3v) is 2.94. The third kappa shape index (κ3) is 3.56. The molecule has 3 nitrogen and oxygen atoms in total. The predicted octanol–water partition coefficient (Wildman–Crippen LogP) is 4.12. The molecule has 0 aliphatic rings. The van der Waals surface area contributed by atoms with Crippen molar-refractivity contribution in [2.24, 2.45) is 0 Å². The van der Waals surface area contributed by atoms with Gasteiger partial charge in [0, 0.05) is 16.2 Å². The Balaban J connectivity index is 2.07. The molecule has 0 unspecified atom stereocenters. The van der Waals surface area contributed by atoms with E-state index in [0.717, 1.165) is 10.0 Å². The summed E-state index contributed by atoms with van der Waals surface area (Å²) in [5.41, 5.74) is 0.774. The molecule has 0 bridgehead atoms. The highest BCUT2D eigenvalue weighted by Crippen LogP contribution is 2.20. The molecule has 0 radical (unpaired) electrons. The van der Waals surface area contributed by atoms with E-state index in [9.17, 15) is 0 Å². The van der Waals surface area contributed by atoms with Gasteiger partial charge in [-0.05, 0) is 34.1 Å². The fourth-order valence-electron chi connectivity index (χ4n) is 1.18. The number of hydrogen-bond acceptors (Lipinski definition) is 3. The fraction of sp³-hybridized carbons (Fsp3) is 0.0909. The van der Waals surface area contributed by atoms with Gasteiger partial charge in [-0.2, -0.15) is 0 Å². The summed E-state index contributed by atoms with van der Waals surface area (Å²) in [5.74, 6) is 0.658. The van der Waals surface area contributed by atoms with E-state index in [2.05, 4.69) is 25.9 Å². The summed E-state index contributed by atoms with van der Waals surface area (Å²) in [6.45, 7) is 0.321. The molecule has 0 aliphatic heterocycles. The lowest BCUT2D eigenvalue weighted by molar-refractivity contribution is 0.304. The van der Waals surface area contributed by atoms with E-state index in [0.29, 0.717) is 22.7 Å². The summed E-state index contributed by atoms with van der Waals surface area (Å²) >= 11 is 14.9. The lowest BCUT2D eigenvalue weighted by Gasteiger charge is -2.07. The van der Waals surface area contributed by atoms with Gasteiger partial charge in [0.2, 0.25) is 0 Å². The number of hydrogen-bond donors (Lipinski definition) is 0. The van der Waals surface area contributed by atoms with Crippen LogP contribution < -0.4 is 4.74 Å². The number of rotatable bonds is 3. The zero-order chi connectivity index (χ0) is 12.3. The molecule has 17 heavy (non-hydrogen) atoms. The van der Waals surface area contributed by atoms with E-state index in [4.69, 9.17) is 27.9 Å². The first-order chi connectivity index (χ1) is 8.15. The van der Waals surface area contributed by atoms with Gasteiger partial charge in [0.25, 0.3) is 0 Å². The maximum atomic E-state index is 5.93. The van der Waals surface area contributed by atoms with Crippen LogP contribution in [0.25, 0.3) is 0 Å². The Morgan fingerprint density at radius 1 is 1.24 bits per heavy atom. The van der Waals surface area contributed by atoms with Gasteiger partial charge >= 0.3 is 0 Å². The van der Waals surface area contributed by atoms with Crippen molar-refractivity contribution < 1.29 is 4.74 Å². The molecule has 0 aromatic carbocycles. The smallest absolute Gasteiger partial charge is 0.139 e. The van der Waals surface area contributed by atoms with Crippen LogP contribution in [-0.2, 0) is 6.61 Å². The minimum atomic E-state index is 0.321. The molecular formula is C11H7BrCl2N2O. The Morgan fingerprint density at radius 3 is 2.76 bits per heavy atom. The average molecular weight is 334 g/mol. The zero-order valence-corrected chi connectivity index (χ0v) is 11.6. The van der Waals surface area contributed by atoms with Crippen LogP contribution >= 0.6 is 39.1 Å². The maximum Gasteiger partial charge on any atom is 0.139 e. The Bertz CT molecular complexity index is 537. The molecule has 0 fully saturated rings. The SMILES string of the molecule is Clc1ccc(COc2cncc(Br)c2)c(Cl)n1. The summed E-state index contributed by atoms with van der Waals surface area (Å²) in [6, 6.07) is 5.28. The summed E-state index contributed by atoms with van der Waals surface area (Å²) < 4.78 is 6.39. The van der Waals surface area contributed by atoms with Crippen LogP contribution in [0.2, 0.25) is 10.3 Å². The van der Waals surface area contributed by atoms with Crippen LogP contribution in [0.3, 0.4) is 0 Å². The zero-order valence-electron chi connectivity index (χ0n) is 8.53. The second-order valence-electron chi connectivity index (χ2n) is 3.21. The van der Waals surface area contributed by atoms with Crippen LogP contribution in [-0.4, -0.2) is 9.97 Å². The Kier molecular flexibility index (Phi) is 4.20. The highest BCUT2D eigenvalue weighted by molar-refractivity contribution is 9.10. The molecule has 2 aromatic heterocycles. The number of ether oxygens (including phenoxy) is 1. The predicted molar refractivity (Wildman–Crippen MR) is 70.5 cm³/mol. The quantitative estimate of drug-likeness (QED) is 0.792. The lowest BCUT2D eigenvalue weighted by Crippen LogP contribution is -1.98. The van der Waals surface area contributed by atoms with Gasteiger partial charge in [0.15, 0.2) is 0 Å². The number of nitrogens with zero attached hydrogens (tertiary/aromatic N) is 2. The van der Waals surface area contributed by atoms with E-state index in [1.165, 1.54) is 0 Å². The van der Waals surface area contributed by atoms with Crippen molar-refractivity contribution in [2.75, 3.05) is 0 Å². The number of pyridine rings is 2. The van der Waals surface area contributed by atoms with Crippen LogP contribution in [0.5, 0.6) is 5.75 Å². The molecule has 2 aromatic rings. The number of aromatic nitrogens is 2. The summed E-state index contributed by atoms with van der Waals surface area (Å²) in [5, 5.41) is 0.711. The summed E-state index contributed by atoms with van der Waals surface area (Å²) in [4.78, 5) is 7.92. The monoisotopic (exact) mass is 332 g/mol. The lowest BCUT2D eigenvalue weighted by atomic mass is 10.3. The van der Waals surface area contributed by atoms with Gasteiger partial charge in [-0.15, -0.1) is 0 Å². The van der Waals surface area contributed by atoms with Crippen LogP contribution in [0.15, 0.2) is 35.1 Å². The first kappa shape index (κ1) is 12.6. The van der Waals surface area contributed by atoms with Gasteiger partial charge < -0.3 is 4.74 Å². The Labute approximate surface area is 117 Å². The minimum absolute atomic E-state index is 0.321. The van der Waals surface area contributed by atoms with E-state index >= 15 is 0 Å². The molecule has 0 atom stereocenters. The normalized spacial score (nSPS) is 10.3. The van der Waals surface area contributed by atoms with Gasteiger partial charge in [0.1, 0.15) is 22.7 Å². The van der Waals surface area contributed by atoms with Crippen molar-refractivity contribution in [3.05, 3.63) is 50.9 Å². The molecule has 6 heteroatoms. The van der Waals surface area contributed by atoms with Gasteiger partial charge in [0.05, 0.1) is 6.20 Å². The van der Waals surface area contributed by atoms with Gasteiger partial charge in [-0.25, -0.2) is 4.98 Å². The second-order valence-corrected chi connectivity index (χ2v) is 4.87. The maximum absolute atomic E-state index is 5.93. The standard InChI is InChI=1S/C11H7BrCl2N2O/c12-8-3-9(5-15-4-8)17-6-7-1-2-10(13)16-11(7)14/h1-5H,6H2. The Hall–Kier alpha value is -0.840. The van der Waals surface area contributed by atoms with Gasteiger partial charge in [-0.3, -0.25) is 4.98 Å². The Morgan fingerprint density at radius 2 is 2.06 bits per heavy atom. The molecule has 0 spiro atoms. The molecule has 2 heterocycles. The second kappa shape index (κ2) is 5.67. The highest BCUT2D eigenvalue weighted by atomic mass is 79.9. The van der Waals surface area contributed by atoms with E-state index in [1.807, 2.05) is 6.07 Å². The van der Waals surface area contributed by atoms with Crippen molar-refractivity contribution >= 4 is 39.1 Å². The number of halogens is 3. The summed E-state index contributed by atoms with van der Waals surface area (Å²) in [6.07, 6.45) is 3.31. The first-order valence-corrected chi connectivity index (χ1v) is 6.24. The van der Waals surface area contributed by atoms with Crippen molar-refractivity contribution in [1.29, 1.82) is 0 Å². The molecule has 0 N–H and O–H groups in total. The molecule has 2 rings (SSSR count). The third-order valence-electron chi connectivity index (χ3n) is 1.97. The topological polar surface area (TPSA) is 35.0 Å². The van der Waals surface area contributed by atoms with Crippen molar-refractivity contribution in [3.8, 4) is 5.75 Å². The molecule has 88 valence electrons.